The average molecular weight is 468 g/mol. The Labute approximate surface area is 171 Å². The predicted molar refractivity (Wildman–Crippen MR) is 115 cm³/mol. The van der Waals surface area contributed by atoms with Crippen LogP contribution in [0, 0.1) is 0 Å². The summed E-state index contributed by atoms with van der Waals surface area (Å²) in [6, 6.07) is 15.0. The van der Waals surface area contributed by atoms with E-state index in [0.29, 0.717) is 24.6 Å². The van der Waals surface area contributed by atoms with E-state index in [1.54, 1.807) is 19.2 Å². The number of carbonyl (C=O) groups excluding carboxylic acids is 1. The topological polar surface area (TPSA) is 88.7 Å². The maximum Gasteiger partial charge on any atom is 0.248 e. The summed E-state index contributed by atoms with van der Waals surface area (Å²) in [7, 11) is 1.66. The molecule has 2 aromatic rings. The zero-order valence-corrected chi connectivity index (χ0v) is 17.3. The quantitative estimate of drug-likeness (QED) is 0.331. The number of primary amides is 1. The smallest absolute Gasteiger partial charge is 0.248 e. The van der Waals surface area contributed by atoms with Crippen LogP contribution in [0.5, 0.6) is 5.75 Å². The van der Waals surface area contributed by atoms with Gasteiger partial charge in [0, 0.05) is 24.2 Å². The van der Waals surface area contributed by atoms with Crippen LogP contribution in [0.25, 0.3) is 0 Å². The molecule has 0 spiro atoms. The minimum Gasteiger partial charge on any atom is -0.496 e. The molecule has 6 nitrogen and oxygen atoms in total. The molecule has 1 amide bonds. The summed E-state index contributed by atoms with van der Waals surface area (Å²) < 4.78 is 5.36. The number of benzene rings is 2. The van der Waals surface area contributed by atoms with Gasteiger partial charge in [0.2, 0.25) is 5.91 Å². The Hall–Kier alpha value is -2.29. The van der Waals surface area contributed by atoms with Crippen LogP contribution in [0.2, 0.25) is 0 Å². The third kappa shape index (κ3) is 6.55. The van der Waals surface area contributed by atoms with Crippen molar-refractivity contribution in [3.63, 3.8) is 0 Å². The molecule has 4 N–H and O–H groups in total. The second-order valence-electron chi connectivity index (χ2n) is 5.42. The highest BCUT2D eigenvalue weighted by molar-refractivity contribution is 14.0. The molecule has 0 fully saturated rings. The van der Waals surface area contributed by atoms with E-state index in [2.05, 4.69) is 15.6 Å². The first-order valence-corrected chi connectivity index (χ1v) is 8.17. The van der Waals surface area contributed by atoms with Gasteiger partial charge in [0.15, 0.2) is 5.96 Å². The van der Waals surface area contributed by atoms with Gasteiger partial charge in [-0.3, -0.25) is 4.79 Å². The van der Waals surface area contributed by atoms with E-state index < -0.39 is 5.91 Å². The number of methoxy groups -OCH3 is 1. The van der Waals surface area contributed by atoms with Crippen LogP contribution in [0.15, 0.2) is 53.5 Å². The first-order chi connectivity index (χ1) is 12.1. The number of guanidine groups is 1. The third-order valence-electron chi connectivity index (χ3n) is 3.64. The number of carbonyl (C=O) groups is 1. The van der Waals surface area contributed by atoms with E-state index in [-0.39, 0.29) is 24.0 Å². The number of nitrogens with one attached hydrogen (secondary N) is 2. The molecule has 0 aliphatic carbocycles. The number of halogens is 1. The SMILES string of the molecule is CCNC(=NCc1ccc(C(N)=O)cc1)NCc1ccccc1OC.I. The second kappa shape index (κ2) is 11.3. The van der Waals surface area contributed by atoms with Crippen LogP contribution in [0.3, 0.4) is 0 Å². The summed E-state index contributed by atoms with van der Waals surface area (Å²) >= 11 is 0. The summed E-state index contributed by atoms with van der Waals surface area (Å²) in [5.41, 5.74) is 7.80. The van der Waals surface area contributed by atoms with Gasteiger partial charge in [0.1, 0.15) is 5.75 Å². The molecule has 0 unspecified atom stereocenters. The molecule has 0 saturated heterocycles. The lowest BCUT2D eigenvalue weighted by Crippen LogP contribution is -2.36. The van der Waals surface area contributed by atoms with Gasteiger partial charge in [-0.05, 0) is 30.7 Å². The lowest BCUT2D eigenvalue weighted by Gasteiger charge is -2.13. The van der Waals surface area contributed by atoms with E-state index in [0.717, 1.165) is 23.4 Å². The summed E-state index contributed by atoms with van der Waals surface area (Å²) in [6.45, 7) is 3.89. The number of hydrogen-bond donors (Lipinski definition) is 3. The Kier molecular flexibility index (Phi) is 9.50. The number of rotatable bonds is 7. The van der Waals surface area contributed by atoms with Crippen LogP contribution < -0.4 is 21.1 Å². The molecule has 0 aliphatic heterocycles. The van der Waals surface area contributed by atoms with Crippen molar-refractivity contribution in [2.24, 2.45) is 10.7 Å². The van der Waals surface area contributed by atoms with Crippen molar-refractivity contribution >= 4 is 35.8 Å². The molecule has 0 saturated carbocycles. The van der Waals surface area contributed by atoms with Gasteiger partial charge in [0.25, 0.3) is 0 Å². The summed E-state index contributed by atoms with van der Waals surface area (Å²) in [6.07, 6.45) is 0. The molecule has 0 heterocycles. The van der Waals surface area contributed by atoms with Crippen molar-refractivity contribution in [2.45, 2.75) is 20.0 Å². The Morgan fingerprint density at radius 1 is 1.12 bits per heavy atom. The van der Waals surface area contributed by atoms with Gasteiger partial charge in [-0.1, -0.05) is 30.3 Å². The van der Waals surface area contributed by atoms with Crippen molar-refractivity contribution in [3.8, 4) is 5.75 Å². The van der Waals surface area contributed by atoms with Gasteiger partial charge in [-0.15, -0.1) is 24.0 Å². The molecule has 0 radical (unpaired) electrons. The molecule has 140 valence electrons. The van der Waals surface area contributed by atoms with Crippen molar-refractivity contribution < 1.29 is 9.53 Å². The lowest BCUT2D eigenvalue weighted by molar-refractivity contribution is 0.100. The number of nitrogens with two attached hydrogens (primary N) is 1. The van der Waals surface area contributed by atoms with Crippen LogP contribution in [-0.2, 0) is 13.1 Å². The van der Waals surface area contributed by atoms with Gasteiger partial charge in [-0.25, -0.2) is 4.99 Å². The monoisotopic (exact) mass is 468 g/mol. The van der Waals surface area contributed by atoms with Crippen LogP contribution in [-0.4, -0.2) is 25.5 Å². The van der Waals surface area contributed by atoms with Crippen molar-refractivity contribution in [3.05, 3.63) is 65.2 Å². The van der Waals surface area contributed by atoms with E-state index in [9.17, 15) is 4.79 Å². The maximum atomic E-state index is 11.1. The lowest BCUT2D eigenvalue weighted by atomic mass is 10.1. The summed E-state index contributed by atoms with van der Waals surface area (Å²) in [5.74, 6) is 1.13. The summed E-state index contributed by atoms with van der Waals surface area (Å²) in [4.78, 5) is 15.7. The first-order valence-electron chi connectivity index (χ1n) is 8.17. The Balaban J connectivity index is 0.00000338. The fraction of sp³-hybridized carbons (Fsp3) is 0.263. The Bertz CT molecular complexity index is 733. The summed E-state index contributed by atoms with van der Waals surface area (Å²) in [5, 5.41) is 6.51. The largest absolute Gasteiger partial charge is 0.496 e. The molecular formula is C19H25IN4O2. The standard InChI is InChI=1S/C19H24N4O2.HI/c1-3-21-19(23-13-16-6-4-5-7-17(16)25-2)22-12-14-8-10-15(11-9-14)18(20)24;/h4-11H,3,12-13H2,1-2H3,(H2,20,24)(H2,21,22,23);1H. The number of amides is 1. The highest BCUT2D eigenvalue weighted by Crippen LogP contribution is 2.16. The van der Waals surface area contributed by atoms with Crippen molar-refractivity contribution in [1.29, 1.82) is 0 Å². The van der Waals surface area contributed by atoms with Gasteiger partial charge in [0.05, 0.1) is 13.7 Å². The van der Waals surface area contributed by atoms with E-state index in [4.69, 9.17) is 10.5 Å². The number of hydrogen-bond acceptors (Lipinski definition) is 3. The molecule has 0 bridgehead atoms. The molecule has 2 rings (SSSR count). The van der Waals surface area contributed by atoms with Gasteiger partial charge in [-0.2, -0.15) is 0 Å². The number of nitrogens with zero attached hydrogens (tertiary/aromatic N) is 1. The van der Waals surface area contributed by atoms with Gasteiger partial charge < -0.3 is 21.1 Å². The molecule has 7 heteroatoms. The number of aliphatic imine (C=N–C) groups is 1. The minimum atomic E-state index is -0.429. The highest BCUT2D eigenvalue weighted by atomic mass is 127. The Morgan fingerprint density at radius 3 is 2.42 bits per heavy atom. The zero-order chi connectivity index (χ0) is 18.1. The average Bonchev–Trinajstić information content (AvgIpc) is 2.64. The fourth-order valence-corrected chi connectivity index (χ4v) is 2.31. The number of para-hydroxylation sites is 1. The fourth-order valence-electron chi connectivity index (χ4n) is 2.31. The molecule has 0 atom stereocenters. The maximum absolute atomic E-state index is 11.1. The van der Waals surface area contributed by atoms with Crippen LogP contribution in [0.4, 0.5) is 0 Å². The molecule has 0 aromatic heterocycles. The highest BCUT2D eigenvalue weighted by Gasteiger charge is 2.04. The zero-order valence-electron chi connectivity index (χ0n) is 15.0. The van der Waals surface area contributed by atoms with Gasteiger partial charge >= 0.3 is 0 Å². The van der Waals surface area contributed by atoms with Crippen LogP contribution in [0.1, 0.15) is 28.4 Å². The number of ether oxygens (including phenoxy) is 1. The normalized spacial score (nSPS) is 10.6. The first kappa shape index (κ1) is 21.8. The molecular weight excluding hydrogens is 443 g/mol. The van der Waals surface area contributed by atoms with Crippen molar-refractivity contribution in [1.82, 2.24) is 10.6 Å². The molecule has 2 aromatic carbocycles. The third-order valence-corrected chi connectivity index (χ3v) is 3.64. The van der Waals surface area contributed by atoms with E-state index >= 15 is 0 Å². The molecule has 0 aliphatic rings. The predicted octanol–water partition coefficient (Wildman–Crippen LogP) is 2.67. The van der Waals surface area contributed by atoms with Crippen LogP contribution >= 0.6 is 24.0 Å². The minimum absolute atomic E-state index is 0. The molecule has 26 heavy (non-hydrogen) atoms. The van der Waals surface area contributed by atoms with E-state index in [1.165, 1.54) is 0 Å². The van der Waals surface area contributed by atoms with E-state index in [1.807, 2.05) is 43.3 Å². The Morgan fingerprint density at radius 2 is 1.81 bits per heavy atom. The van der Waals surface area contributed by atoms with Crippen molar-refractivity contribution in [2.75, 3.05) is 13.7 Å². The second-order valence-corrected chi connectivity index (χ2v) is 5.42.